The van der Waals surface area contributed by atoms with Crippen molar-refractivity contribution in [2.75, 3.05) is 11.9 Å². The maximum Gasteiger partial charge on any atom is 0.407 e. The first-order valence-electron chi connectivity index (χ1n) is 15.0. The van der Waals surface area contributed by atoms with E-state index in [4.69, 9.17) is 19.0 Å². The Bertz CT molecular complexity index is 1680. The molecule has 2 aromatic heterocycles. The number of amides is 2. The van der Waals surface area contributed by atoms with Crippen LogP contribution < -0.4 is 10.6 Å². The number of ether oxygens (including phenoxy) is 2. The van der Waals surface area contributed by atoms with Crippen LogP contribution in [0.2, 0.25) is 0 Å². The van der Waals surface area contributed by atoms with Crippen LogP contribution in [0.3, 0.4) is 0 Å². The maximum atomic E-state index is 13.5. The number of para-hydroxylation sites is 1. The lowest BCUT2D eigenvalue weighted by Crippen LogP contribution is -2.33. The number of hydrogen-bond acceptors (Lipinski definition) is 9. The van der Waals surface area contributed by atoms with Crippen molar-refractivity contribution in [2.24, 2.45) is 0 Å². The van der Waals surface area contributed by atoms with Gasteiger partial charge >= 0.3 is 12.1 Å². The first-order chi connectivity index (χ1) is 21.1. The summed E-state index contributed by atoms with van der Waals surface area (Å²) in [6.45, 7) is 15.1. The summed E-state index contributed by atoms with van der Waals surface area (Å²) in [4.78, 5) is 47.4. The molecule has 0 aliphatic carbocycles. The number of carbonyl (C=O) groups is 3. The first-order valence-corrected chi connectivity index (χ1v) is 15.0. The number of fused-ring (bicyclic) bond motifs is 1. The second-order valence-corrected chi connectivity index (χ2v) is 12.9. The fourth-order valence-electron chi connectivity index (χ4n) is 4.74. The van der Waals surface area contributed by atoms with E-state index in [-0.39, 0.29) is 17.2 Å². The van der Waals surface area contributed by atoms with E-state index in [0.29, 0.717) is 35.3 Å². The van der Waals surface area contributed by atoms with Gasteiger partial charge in [-0.3, -0.25) is 10.1 Å². The van der Waals surface area contributed by atoms with Crippen LogP contribution in [0, 0.1) is 6.92 Å². The van der Waals surface area contributed by atoms with E-state index in [1.165, 1.54) is 6.07 Å². The van der Waals surface area contributed by atoms with E-state index in [2.05, 4.69) is 20.8 Å². The van der Waals surface area contributed by atoms with E-state index in [0.717, 1.165) is 24.8 Å². The monoisotopic (exact) mass is 618 g/mol. The zero-order valence-corrected chi connectivity index (χ0v) is 27.2. The Morgan fingerprint density at radius 2 is 1.62 bits per heavy atom. The van der Waals surface area contributed by atoms with Crippen LogP contribution >= 0.6 is 0 Å². The zero-order chi connectivity index (χ0) is 32.9. The van der Waals surface area contributed by atoms with Gasteiger partial charge in [-0.05, 0) is 105 Å². The SMILES string of the molecule is Cc1noc(-c2cccc3nc(NC(=O)c4cccc(C(=O)OC(C)(C)C)c4)n([C@@H](C)CCCCNC(=O)OC(C)(C)C)c23)n1. The van der Waals surface area contributed by atoms with Crippen molar-refractivity contribution in [3.8, 4) is 11.5 Å². The third kappa shape index (κ3) is 8.90. The van der Waals surface area contributed by atoms with Crippen molar-refractivity contribution in [3.05, 3.63) is 59.4 Å². The standard InChI is InChI=1S/C33H42N6O6/c1-20(13-9-10-18-34-31(42)44-33(6,7)8)39-26-24(28-35-21(2)38-45-28)16-12-17-25(26)36-30(39)37-27(40)22-14-11-15-23(19-22)29(41)43-32(3,4)5/h11-12,14-17,19-20H,9-10,13,18H2,1-8H3,(H,34,42)(H,36,37,40)/t20-/m0/s1. The summed E-state index contributed by atoms with van der Waals surface area (Å²) in [7, 11) is 0. The lowest BCUT2D eigenvalue weighted by Gasteiger charge is -2.20. The topological polar surface area (TPSA) is 150 Å². The van der Waals surface area contributed by atoms with Gasteiger partial charge in [-0.15, -0.1) is 0 Å². The van der Waals surface area contributed by atoms with Crippen molar-refractivity contribution < 1.29 is 28.4 Å². The zero-order valence-electron chi connectivity index (χ0n) is 27.2. The molecule has 0 saturated heterocycles. The number of alkyl carbamates (subject to hydrolysis) is 1. The molecule has 0 spiro atoms. The summed E-state index contributed by atoms with van der Waals surface area (Å²) in [5.74, 6) is 0.230. The van der Waals surface area contributed by atoms with Gasteiger partial charge in [0.15, 0.2) is 5.82 Å². The molecule has 0 aliphatic rings. The van der Waals surface area contributed by atoms with Crippen molar-refractivity contribution in [2.45, 2.75) is 91.9 Å². The first kappa shape index (κ1) is 33.2. The fourth-order valence-corrected chi connectivity index (χ4v) is 4.74. The third-order valence-corrected chi connectivity index (χ3v) is 6.61. The normalized spacial score (nSPS) is 12.5. The van der Waals surface area contributed by atoms with Crippen LogP contribution in [0.1, 0.15) is 100 Å². The minimum Gasteiger partial charge on any atom is -0.456 e. The van der Waals surface area contributed by atoms with Crippen molar-refractivity contribution in [3.63, 3.8) is 0 Å². The molecule has 2 amide bonds. The molecule has 0 unspecified atom stereocenters. The molecule has 0 radical (unpaired) electrons. The predicted molar refractivity (Wildman–Crippen MR) is 170 cm³/mol. The van der Waals surface area contributed by atoms with Gasteiger partial charge in [-0.2, -0.15) is 4.98 Å². The van der Waals surface area contributed by atoms with E-state index in [1.54, 1.807) is 45.9 Å². The largest absolute Gasteiger partial charge is 0.456 e. The Kier molecular flexibility index (Phi) is 9.94. The van der Waals surface area contributed by atoms with Gasteiger partial charge < -0.3 is 23.9 Å². The highest BCUT2D eigenvalue weighted by molar-refractivity contribution is 6.06. The average Bonchev–Trinajstić information content (AvgIpc) is 3.54. The lowest BCUT2D eigenvalue weighted by atomic mass is 10.1. The van der Waals surface area contributed by atoms with E-state index in [9.17, 15) is 14.4 Å². The number of anilines is 1. The summed E-state index contributed by atoms with van der Waals surface area (Å²) in [6.07, 6.45) is 1.78. The number of unbranched alkanes of at least 4 members (excludes halogenated alkanes) is 1. The Labute approximate surface area is 262 Å². The number of benzene rings is 2. The molecule has 0 bridgehead atoms. The molecule has 2 N–H and O–H groups in total. The van der Waals surface area contributed by atoms with Crippen molar-refractivity contribution >= 4 is 35.0 Å². The number of nitrogens with one attached hydrogen (secondary N) is 2. The smallest absolute Gasteiger partial charge is 0.407 e. The summed E-state index contributed by atoms with van der Waals surface area (Å²) in [5, 5.41) is 9.70. The summed E-state index contributed by atoms with van der Waals surface area (Å²) in [6, 6.07) is 11.8. The Balaban J connectivity index is 1.60. The Morgan fingerprint density at radius 3 is 2.29 bits per heavy atom. The third-order valence-electron chi connectivity index (χ3n) is 6.61. The molecule has 2 aromatic carbocycles. The van der Waals surface area contributed by atoms with Gasteiger partial charge in [0.2, 0.25) is 5.95 Å². The summed E-state index contributed by atoms with van der Waals surface area (Å²) in [5.41, 5.74) is 1.38. The number of nitrogens with zero attached hydrogens (tertiary/aromatic N) is 4. The number of aryl methyl sites for hydroxylation is 1. The highest BCUT2D eigenvalue weighted by Gasteiger charge is 2.24. The highest BCUT2D eigenvalue weighted by atomic mass is 16.6. The molecule has 4 aromatic rings. The van der Waals surface area contributed by atoms with Crippen LogP contribution in [0.4, 0.5) is 10.7 Å². The molecule has 1 atom stereocenters. The second kappa shape index (κ2) is 13.5. The number of hydrogen-bond donors (Lipinski definition) is 2. The van der Waals surface area contributed by atoms with Crippen LogP contribution in [0.15, 0.2) is 47.0 Å². The molecule has 0 saturated carbocycles. The van der Waals surface area contributed by atoms with Gasteiger partial charge in [-0.25, -0.2) is 14.6 Å². The predicted octanol–water partition coefficient (Wildman–Crippen LogP) is 6.86. The number of rotatable bonds is 10. The molecule has 12 nitrogen and oxygen atoms in total. The van der Waals surface area contributed by atoms with Crippen LogP contribution in [0.25, 0.3) is 22.5 Å². The number of carbonyl (C=O) groups excluding carboxylic acids is 3. The second-order valence-electron chi connectivity index (χ2n) is 12.9. The minimum atomic E-state index is -0.670. The molecular formula is C33H42N6O6. The maximum absolute atomic E-state index is 13.5. The highest BCUT2D eigenvalue weighted by Crippen LogP contribution is 2.34. The van der Waals surface area contributed by atoms with Gasteiger partial charge in [0.1, 0.15) is 11.2 Å². The number of esters is 1. The fraction of sp³-hybridized carbons (Fsp3) is 0.455. The molecule has 45 heavy (non-hydrogen) atoms. The van der Waals surface area contributed by atoms with E-state index in [1.807, 2.05) is 50.5 Å². The van der Waals surface area contributed by atoms with Gasteiger partial charge in [0.05, 0.1) is 22.2 Å². The van der Waals surface area contributed by atoms with E-state index < -0.39 is 29.2 Å². The molecule has 4 rings (SSSR count). The summed E-state index contributed by atoms with van der Waals surface area (Å²) < 4.78 is 18.3. The average molecular weight is 619 g/mol. The molecule has 0 fully saturated rings. The number of imidazole rings is 1. The molecule has 12 heteroatoms. The van der Waals surface area contributed by atoms with Crippen LogP contribution in [-0.4, -0.2) is 55.4 Å². The minimum absolute atomic E-state index is 0.120. The quantitative estimate of drug-likeness (QED) is 0.143. The Hall–Kier alpha value is -4.74. The lowest BCUT2D eigenvalue weighted by molar-refractivity contribution is 0.00691. The van der Waals surface area contributed by atoms with Gasteiger partial charge in [0, 0.05) is 18.2 Å². The Morgan fingerprint density at radius 1 is 0.933 bits per heavy atom. The summed E-state index contributed by atoms with van der Waals surface area (Å²) >= 11 is 0. The van der Waals surface area contributed by atoms with E-state index >= 15 is 0 Å². The molecular weight excluding hydrogens is 576 g/mol. The van der Waals surface area contributed by atoms with Gasteiger partial charge in [0.25, 0.3) is 11.8 Å². The van der Waals surface area contributed by atoms with Crippen molar-refractivity contribution in [1.82, 2.24) is 25.0 Å². The number of aromatic nitrogens is 4. The van der Waals surface area contributed by atoms with Crippen molar-refractivity contribution in [1.29, 1.82) is 0 Å². The van der Waals surface area contributed by atoms with Gasteiger partial charge in [-0.1, -0.05) is 17.3 Å². The van der Waals surface area contributed by atoms with Crippen LogP contribution in [0.5, 0.6) is 0 Å². The van der Waals surface area contributed by atoms with Crippen LogP contribution in [-0.2, 0) is 9.47 Å². The molecule has 240 valence electrons. The molecule has 0 aliphatic heterocycles. The molecule has 2 heterocycles.